The lowest BCUT2D eigenvalue weighted by atomic mass is 10.3. The van der Waals surface area contributed by atoms with Gasteiger partial charge in [-0.1, -0.05) is 0 Å². The standard InChI is InChI=1S/C17H25BrN6O3S/c1-12-17(18)14(3)24(20-12)6-5-16(25)22-7-9-23(10-8-22)28(26,27)15-11-19-21(4)13(15)2/h11H,5-10H2,1-4H3. The molecule has 1 fully saturated rings. The van der Waals surface area contributed by atoms with Crippen molar-refractivity contribution >= 4 is 31.9 Å². The van der Waals surface area contributed by atoms with Crippen LogP contribution in [-0.2, 0) is 28.4 Å². The fourth-order valence-electron chi connectivity index (χ4n) is 3.30. The van der Waals surface area contributed by atoms with E-state index in [1.807, 2.05) is 18.5 Å². The summed E-state index contributed by atoms with van der Waals surface area (Å²) in [4.78, 5) is 14.5. The summed E-state index contributed by atoms with van der Waals surface area (Å²) >= 11 is 3.49. The number of piperazine rings is 1. The average molecular weight is 473 g/mol. The molecule has 3 heterocycles. The largest absolute Gasteiger partial charge is 0.340 e. The molecule has 0 bridgehead atoms. The number of halogens is 1. The average Bonchev–Trinajstić information content (AvgIpc) is 3.14. The minimum atomic E-state index is -3.59. The normalized spacial score (nSPS) is 16.0. The van der Waals surface area contributed by atoms with Crippen molar-refractivity contribution in [2.24, 2.45) is 7.05 Å². The van der Waals surface area contributed by atoms with Gasteiger partial charge in [0.15, 0.2) is 0 Å². The van der Waals surface area contributed by atoms with E-state index in [4.69, 9.17) is 0 Å². The molecule has 0 atom stereocenters. The number of hydrogen-bond donors (Lipinski definition) is 0. The molecule has 11 heteroatoms. The maximum absolute atomic E-state index is 12.8. The van der Waals surface area contributed by atoms with Gasteiger partial charge < -0.3 is 4.90 Å². The third-order valence-electron chi connectivity index (χ3n) is 5.23. The molecular formula is C17H25BrN6O3S. The van der Waals surface area contributed by atoms with Gasteiger partial charge in [0.2, 0.25) is 15.9 Å². The molecule has 9 nitrogen and oxygen atoms in total. The van der Waals surface area contributed by atoms with Gasteiger partial charge in [-0.25, -0.2) is 8.42 Å². The summed E-state index contributed by atoms with van der Waals surface area (Å²) in [5.74, 6) is 0.0123. The molecule has 2 aromatic rings. The molecule has 28 heavy (non-hydrogen) atoms. The van der Waals surface area contributed by atoms with Crippen molar-refractivity contribution in [3.63, 3.8) is 0 Å². The van der Waals surface area contributed by atoms with Crippen LogP contribution in [0.25, 0.3) is 0 Å². The van der Waals surface area contributed by atoms with Gasteiger partial charge >= 0.3 is 0 Å². The van der Waals surface area contributed by atoms with E-state index in [2.05, 4.69) is 26.1 Å². The molecular weight excluding hydrogens is 448 g/mol. The second-order valence-corrected chi connectivity index (χ2v) is 9.66. The van der Waals surface area contributed by atoms with Gasteiger partial charge in [-0.15, -0.1) is 0 Å². The fourth-order valence-corrected chi connectivity index (χ4v) is 5.19. The Bertz CT molecular complexity index is 989. The third kappa shape index (κ3) is 3.87. The minimum Gasteiger partial charge on any atom is -0.340 e. The molecule has 0 aromatic carbocycles. The van der Waals surface area contributed by atoms with Crippen LogP contribution in [0.1, 0.15) is 23.5 Å². The first kappa shape index (κ1) is 21.0. The molecule has 1 aliphatic heterocycles. The van der Waals surface area contributed by atoms with Gasteiger partial charge in [-0.2, -0.15) is 14.5 Å². The van der Waals surface area contributed by atoms with Gasteiger partial charge in [0.25, 0.3) is 0 Å². The number of carbonyl (C=O) groups excluding carboxylic acids is 1. The highest BCUT2D eigenvalue weighted by Gasteiger charge is 2.32. The van der Waals surface area contributed by atoms with Crippen LogP contribution in [-0.4, -0.2) is 69.3 Å². The lowest BCUT2D eigenvalue weighted by Gasteiger charge is -2.34. The van der Waals surface area contributed by atoms with Crippen LogP contribution in [0.4, 0.5) is 0 Å². The Morgan fingerprint density at radius 2 is 1.79 bits per heavy atom. The van der Waals surface area contributed by atoms with E-state index >= 15 is 0 Å². The Balaban J connectivity index is 1.58. The minimum absolute atomic E-state index is 0.0123. The van der Waals surface area contributed by atoms with Crippen molar-refractivity contribution in [3.8, 4) is 0 Å². The van der Waals surface area contributed by atoms with Gasteiger partial charge in [0.1, 0.15) is 4.90 Å². The number of hydrogen-bond acceptors (Lipinski definition) is 5. The Labute approximate surface area is 173 Å². The Kier molecular flexibility index (Phi) is 5.97. The van der Waals surface area contributed by atoms with Gasteiger partial charge in [-0.05, 0) is 36.7 Å². The summed E-state index contributed by atoms with van der Waals surface area (Å²) in [6.45, 7) is 7.46. The summed E-state index contributed by atoms with van der Waals surface area (Å²) in [6.07, 6.45) is 1.72. The van der Waals surface area contributed by atoms with Crippen molar-refractivity contribution in [1.82, 2.24) is 28.8 Å². The zero-order valence-electron chi connectivity index (χ0n) is 16.5. The summed E-state index contributed by atoms with van der Waals surface area (Å²) in [5.41, 5.74) is 2.50. The molecule has 3 rings (SSSR count). The van der Waals surface area contributed by atoms with Crippen molar-refractivity contribution in [3.05, 3.63) is 27.8 Å². The first-order chi connectivity index (χ1) is 13.1. The third-order valence-corrected chi connectivity index (χ3v) is 8.38. The highest BCUT2D eigenvalue weighted by Crippen LogP contribution is 2.22. The van der Waals surface area contributed by atoms with Crippen LogP contribution in [0.3, 0.4) is 0 Å². The molecule has 0 saturated carbocycles. The van der Waals surface area contributed by atoms with Crippen LogP contribution in [0.2, 0.25) is 0 Å². The first-order valence-corrected chi connectivity index (χ1v) is 11.3. The quantitative estimate of drug-likeness (QED) is 0.652. The maximum atomic E-state index is 12.8. The zero-order chi connectivity index (χ0) is 20.6. The summed E-state index contributed by atoms with van der Waals surface area (Å²) < 4.78 is 31.4. The highest BCUT2D eigenvalue weighted by molar-refractivity contribution is 9.10. The Morgan fingerprint density at radius 3 is 2.29 bits per heavy atom. The lowest BCUT2D eigenvalue weighted by Crippen LogP contribution is -2.50. The number of rotatable bonds is 5. The Morgan fingerprint density at radius 1 is 1.14 bits per heavy atom. The SMILES string of the molecule is Cc1nn(CCC(=O)N2CCN(S(=O)(=O)c3cnn(C)c3C)CC2)c(C)c1Br. The van der Waals surface area contributed by atoms with Crippen molar-refractivity contribution in [2.75, 3.05) is 26.2 Å². The number of nitrogens with zero attached hydrogens (tertiary/aromatic N) is 6. The van der Waals surface area contributed by atoms with E-state index in [0.717, 1.165) is 15.9 Å². The number of aromatic nitrogens is 4. The molecule has 0 unspecified atom stereocenters. The van der Waals surface area contributed by atoms with Crippen LogP contribution >= 0.6 is 15.9 Å². The van der Waals surface area contributed by atoms with Crippen molar-refractivity contribution in [1.29, 1.82) is 0 Å². The molecule has 154 valence electrons. The van der Waals surface area contributed by atoms with Gasteiger partial charge in [0.05, 0.1) is 28.6 Å². The van der Waals surface area contributed by atoms with Gasteiger partial charge in [0, 0.05) is 45.3 Å². The van der Waals surface area contributed by atoms with E-state index in [0.29, 0.717) is 31.7 Å². The summed E-state index contributed by atoms with van der Waals surface area (Å²) in [5, 5.41) is 8.44. The molecule has 1 aliphatic rings. The molecule has 1 amide bonds. The molecule has 1 saturated heterocycles. The number of sulfonamides is 1. The molecule has 2 aromatic heterocycles. The van der Waals surface area contributed by atoms with Crippen LogP contribution in [0, 0.1) is 20.8 Å². The molecule has 0 radical (unpaired) electrons. The van der Waals surface area contributed by atoms with Crippen LogP contribution < -0.4 is 0 Å². The molecule has 0 spiro atoms. The smallest absolute Gasteiger partial charge is 0.246 e. The second kappa shape index (κ2) is 7.96. The first-order valence-electron chi connectivity index (χ1n) is 9.09. The molecule has 0 N–H and O–H groups in total. The highest BCUT2D eigenvalue weighted by atomic mass is 79.9. The second-order valence-electron chi connectivity index (χ2n) is 6.96. The van der Waals surface area contributed by atoms with Crippen LogP contribution in [0.5, 0.6) is 0 Å². The van der Waals surface area contributed by atoms with E-state index in [-0.39, 0.29) is 23.9 Å². The zero-order valence-corrected chi connectivity index (χ0v) is 18.9. The number of aryl methyl sites for hydroxylation is 3. The lowest BCUT2D eigenvalue weighted by molar-refractivity contribution is -0.132. The molecule has 0 aliphatic carbocycles. The van der Waals surface area contributed by atoms with E-state index in [1.165, 1.54) is 10.5 Å². The van der Waals surface area contributed by atoms with Gasteiger partial charge in [-0.3, -0.25) is 14.2 Å². The summed E-state index contributed by atoms with van der Waals surface area (Å²) in [6, 6.07) is 0. The van der Waals surface area contributed by atoms with E-state index in [1.54, 1.807) is 23.6 Å². The van der Waals surface area contributed by atoms with Crippen molar-refractivity contribution < 1.29 is 13.2 Å². The summed E-state index contributed by atoms with van der Waals surface area (Å²) in [7, 11) is -1.88. The maximum Gasteiger partial charge on any atom is 0.246 e. The topological polar surface area (TPSA) is 93.3 Å². The number of carbonyl (C=O) groups is 1. The van der Waals surface area contributed by atoms with E-state index in [9.17, 15) is 13.2 Å². The van der Waals surface area contributed by atoms with E-state index < -0.39 is 10.0 Å². The predicted molar refractivity (Wildman–Crippen MR) is 107 cm³/mol. The van der Waals surface area contributed by atoms with Crippen molar-refractivity contribution in [2.45, 2.75) is 38.6 Å². The number of amides is 1. The van der Waals surface area contributed by atoms with Crippen LogP contribution in [0.15, 0.2) is 15.6 Å². The Hall–Kier alpha value is -1.72. The predicted octanol–water partition coefficient (Wildman–Crippen LogP) is 1.23. The fraction of sp³-hybridized carbons (Fsp3) is 0.588. The monoisotopic (exact) mass is 472 g/mol.